The van der Waals surface area contributed by atoms with E-state index in [1.54, 1.807) is 18.3 Å². The Balaban J connectivity index is 1.79. The average molecular weight is 359 g/mol. The molecule has 130 valence electrons. The van der Waals surface area contributed by atoms with E-state index in [1.165, 1.54) is 0 Å². The van der Waals surface area contributed by atoms with Crippen molar-refractivity contribution < 1.29 is 9.63 Å². The molecule has 1 amide bonds. The van der Waals surface area contributed by atoms with Crippen molar-refractivity contribution in [3.05, 3.63) is 58.9 Å². The van der Waals surface area contributed by atoms with Crippen LogP contribution < -0.4 is 5.49 Å². The Morgan fingerprint density at radius 2 is 2.24 bits per heavy atom. The summed E-state index contributed by atoms with van der Waals surface area (Å²) >= 11 is 5.82. The number of hydrogen-bond donors (Lipinski definition) is 0. The third-order valence-electron chi connectivity index (χ3n) is 3.92. The maximum absolute atomic E-state index is 12.4. The van der Waals surface area contributed by atoms with Gasteiger partial charge in [0, 0.05) is 18.8 Å². The molecule has 3 rings (SSSR count). The highest BCUT2D eigenvalue weighted by atomic mass is 35.5. The van der Waals surface area contributed by atoms with E-state index in [9.17, 15) is 4.79 Å². The molecule has 0 aromatic carbocycles. The summed E-state index contributed by atoms with van der Waals surface area (Å²) in [4.78, 5) is 26.0. The second-order valence-corrected chi connectivity index (χ2v) is 6.55. The highest BCUT2D eigenvalue weighted by Gasteiger charge is 2.29. The minimum Gasteiger partial charge on any atom is -0.382 e. The van der Waals surface area contributed by atoms with Gasteiger partial charge in [0.15, 0.2) is 0 Å². The van der Waals surface area contributed by atoms with Crippen LogP contribution in [0.4, 0.5) is 0 Å². The minimum atomic E-state index is -0.636. The van der Waals surface area contributed by atoms with Gasteiger partial charge in [0.1, 0.15) is 10.6 Å². The highest BCUT2D eigenvalue weighted by Crippen LogP contribution is 2.16. The fourth-order valence-corrected chi connectivity index (χ4v) is 2.57. The van der Waals surface area contributed by atoms with Crippen molar-refractivity contribution in [1.82, 2.24) is 9.55 Å². The van der Waals surface area contributed by atoms with E-state index in [4.69, 9.17) is 16.4 Å². The first kappa shape index (κ1) is 17.4. The van der Waals surface area contributed by atoms with Crippen LogP contribution in [0.5, 0.6) is 0 Å². The van der Waals surface area contributed by atoms with E-state index >= 15 is 0 Å². The molecule has 0 radical (unpaired) electrons. The molecule has 2 aromatic rings. The molecule has 0 bridgehead atoms. The predicted molar refractivity (Wildman–Crippen MR) is 95.1 cm³/mol. The van der Waals surface area contributed by atoms with Crippen LogP contribution >= 0.6 is 11.6 Å². The lowest BCUT2D eigenvalue weighted by atomic mass is 10.0. The zero-order valence-electron chi connectivity index (χ0n) is 14.1. The van der Waals surface area contributed by atoms with Crippen molar-refractivity contribution in [1.29, 1.82) is 0 Å². The Kier molecular flexibility index (Phi) is 5.28. The molecule has 6 nitrogen and oxygen atoms in total. The fourth-order valence-electron chi connectivity index (χ4n) is 2.45. The van der Waals surface area contributed by atoms with Crippen LogP contribution in [0, 0.1) is 5.92 Å². The number of nitrogens with zero attached hydrogens (tertiary/aromatic N) is 4. The van der Waals surface area contributed by atoms with Gasteiger partial charge in [0.05, 0.1) is 12.3 Å². The molecule has 1 atom stereocenters. The maximum Gasteiger partial charge on any atom is 0.291 e. The van der Waals surface area contributed by atoms with Gasteiger partial charge in [-0.1, -0.05) is 42.7 Å². The van der Waals surface area contributed by atoms with Gasteiger partial charge in [-0.2, -0.15) is 4.99 Å². The predicted octanol–water partition coefficient (Wildman–Crippen LogP) is 2.81. The van der Waals surface area contributed by atoms with Crippen LogP contribution in [0.1, 0.15) is 25.8 Å². The first-order valence-electron chi connectivity index (χ1n) is 8.10. The second-order valence-electron chi connectivity index (χ2n) is 6.16. The smallest absolute Gasteiger partial charge is 0.291 e. The minimum absolute atomic E-state index is 0.261. The fraction of sp³-hybridized carbons (Fsp3) is 0.333. The van der Waals surface area contributed by atoms with Gasteiger partial charge in [-0.25, -0.2) is 4.98 Å². The van der Waals surface area contributed by atoms with Gasteiger partial charge >= 0.3 is 0 Å². The molecular weight excluding hydrogens is 340 g/mol. The van der Waals surface area contributed by atoms with Crippen molar-refractivity contribution >= 4 is 23.2 Å². The lowest BCUT2D eigenvalue weighted by molar-refractivity contribution is -0.127. The summed E-state index contributed by atoms with van der Waals surface area (Å²) in [5.74, 6) is -0.0644. The third-order valence-corrected chi connectivity index (χ3v) is 4.14. The van der Waals surface area contributed by atoms with Gasteiger partial charge < -0.3 is 9.40 Å². The summed E-state index contributed by atoms with van der Waals surface area (Å²) in [6.07, 6.45) is 3.43. The van der Waals surface area contributed by atoms with Gasteiger partial charge in [-0.05, 0) is 29.7 Å². The zero-order chi connectivity index (χ0) is 17.8. The summed E-state index contributed by atoms with van der Waals surface area (Å²) in [5, 5.41) is 4.43. The van der Waals surface area contributed by atoms with Crippen LogP contribution in [0.2, 0.25) is 5.15 Å². The molecule has 7 heteroatoms. The molecule has 3 heterocycles. The van der Waals surface area contributed by atoms with Gasteiger partial charge in [-0.3, -0.25) is 4.79 Å². The first-order chi connectivity index (χ1) is 12.0. The molecule has 0 aliphatic carbocycles. The molecule has 0 fully saturated rings. The number of aromatic nitrogens is 2. The Morgan fingerprint density at radius 1 is 1.40 bits per heavy atom. The number of carbonyl (C=O) groups is 1. The topological polar surface area (TPSA) is 68.8 Å². The van der Waals surface area contributed by atoms with Crippen molar-refractivity contribution in [2.45, 2.75) is 32.9 Å². The molecule has 1 aliphatic heterocycles. The Morgan fingerprint density at radius 3 is 2.92 bits per heavy atom. The van der Waals surface area contributed by atoms with Crippen LogP contribution in [0.25, 0.3) is 0 Å². The van der Waals surface area contributed by atoms with E-state index in [1.807, 2.05) is 42.8 Å². The van der Waals surface area contributed by atoms with Crippen molar-refractivity contribution in [2.75, 3.05) is 0 Å². The van der Waals surface area contributed by atoms with Crippen molar-refractivity contribution in [3.8, 4) is 0 Å². The van der Waals surface area contributed by atoms with Crippen LogP contribution in [-0.2, 0) is 16.2 Å². The van der Waals surface area contributed by atoms with E-state index in [0.717, 1.165) is 11.3 Å². The first-order valence-corrected chi connectivity index (χ1v) is 8.48. The van der Waals surface area contributed by atoms with Gasteiger partial charge in [0.2, 0.25) is 6.10 Å². The van der Waals surface area contributed by atoms with Crippen LogP contribution in [0.15, 0.2) is 52.9 Å². The summed E-state index contributed by atoms with van der Waals surface area (Å²) in [6, 6.07) is 9.15. The van der Waals surface area contributed by atoms with E-state index < -0.39 is 6.10 Å². The number of hydrogen-bond acceptors (Lipinski definition) is 4. The standard InChI is InChI=1S/C18H19ClN4O2/c1-12(2)14-9-15(25-22-14)18(24)21-17-5-3-4-8-23(17)11-13-6-7-16(19)20-10-13/h3-8,10,12,15H,9,11H2,1-2H3. The molecule has 2 aromatic heterocycles. The van der Waals surface area contributed by atoms with E-state index in [-0.39, 0.29) is 11.8 Å². The molecule has 0 N–H and O–H groups in total. The zero-order valence-corrected chi connectivity index (χ0v) is 14.8. The number of pyridine rings is 2. The highest BCUT2D eigenvalue weighted by molar-refractivity contribution is 6.29. The van der Waals surface area contributed by atoms with Gasteiger partial charge in [0.25, 0.3) is 5.91 Å². The van der Waals surface area contributed by atoms with E-state index in [2.05, 4.69) is 15.1 Å². The molecular formula is C18H19ClN4O2. The average Bonchev–Trinajstić information content (AvgIpc) is 3.09. The molecule has 1 aliphatic rings. The number of carbonyl (C=O) groups excluding carboxylic acids is 1. The summed E-state index contributed by atoms with van der Waals surface area (Å²) < 4.78 is 1.88. The number of amides is 1. The normalized spacial score (nSPS) is 17.5. The Bertz CT molecular complexity index is 856. The summed E-state index contributed by atoms with van der Waals surface area (Å²) in [5.41, 5.74) is 2.41. The van der Waals surface area contributed by atoms with Crippen molar-refractivity contribution in [2.24, 2.45) is 16.1 Å². The lowest BCUT2D eigenvalue weighted by Gasteiger charge is -2.08. The molecule has 0 spiro atoms. The SMILES string of the molecule is CC(C)C1=NOC(C(=O)N=c2ccccn2Cc2ccc(Cl)nc2)C1. The van der Waals surface area contributed by atoms with E-state index in [0.29, 0.717) is 23.6 Å². The Labute approximate surface area is 150 Å². The quantitative estimate of drug-likeness (QED) is 0.789. The molecule has 1 unspecified atom stereocenters. The number of halogens is 1. The maximum atomic E-state index is 12.4. The van der Waals surface area contributed by atoms with Crippen LogP contribution in [-0.4, -0.2) is 27.3 Å². The largest absolute Gasteiger partial charge is 0.382 e. The van der Waals surface area contributed by atoms with Crippen molar-refractivity contribution in [3.63, 3.8) is 0 Å². The summed E-state index contributed by atoms with van der Waals surface area (Å²) in [6.45, 7) is 4.59. The third kappa shape index (κ3) is 4.33. The molecule has 25 heavy (non-hydrogen) atoms. The molecule has 0 saturated carbocycles. The summed E-state index contributed by atoms with van der Waals surface area (Å²) in [7, 11) is 0. The molecule has 0 saturated heterocycles. The monoisotopic (exact) mass is 358 g/mol. The van der Waals surface area contributed by atoms with Crippen LogP contribution in [0.3, 0.4) is 0 Å². The number of rotatable bonds is 4. The van der Waals surface area contributed by atoms with Gasteiger partial charge in [-0.15, -0.1) is 0 Å². The lowest BCUT2D eigenvalue weighted by Crippen LogP contribution is -2.27. The second kappa shape index (κ2) is 7.61. The Hall–Kier alpha value is -2.47. The number of oxime groups is 1.